The van der Waals surface area contributed by atoms with E-state index in [-0.39, 0.29) is 29.4 Å². The fourth-order valence-corrected chi connectivity index (χ4v) is 3.75. The summed E-state index contributed by atoms with van der Waals surface area (Å²) in [6.45, 7) is 1.70. The number of sulfonamides is 1. The van der Waals surface area contributed by atoms with Gasteiger partial charge in [0, 0.05) is 36.2 Å². The number of rotatable bonds is 7. The largest absolute Gasteiger partial charge is 0.451 e. The first kappa shape index (κ1) is 19.5. The molecular formula is C18H17N3O6S. The Balaban J connectivity index is 1.60. The number of nitrogens with one attached hydrogen (secondary N) is 2. The molecule has 2 aromatic carbocycles. The third-order valence-corrected chi connectivity index (χ3v) is 5.55. The van der Waals surface area contributed by atoms with Gasteiger partial charge in [0.25, 0.3) is 11.6 Å². The molecule has 3 rings (SSSR count). The predicted molar refractivity (Wildman–Crippen MR) is 102 cm³/mol. The van der Waals surface area contributed by atoms with Gasteiger partial charge in [-0.1, -0.05) is 24.3 Å². The second-order valence-corrected chi connectivity index (χ2v) is 7.73. The van der Waals surface area contributed by atoms with Crippen LogP contribution in [0.25, 0.3) is 11.0 Å². The Kier molecular flexibility index (Phi) is 5.43. The zero-order valence-electron chi connectivity index (χ0n) is 14.8. The molecule has 10 heteroatoms. The summed E-state index contributed by atoms with van der Waals surface area (Å²) in [6, 6.07) is 12.0. The average molecular weight is 403 g/mol. The molecule has 0 spiro atoms. The van der Waals surface area contributed by atoms with Crippen molar-refractivity contribution in [2.75, 3.05) is 13.1 Å². The molecular weight excluding hydrogens is 386 g/mol. The molecule has 0 aliphatic rings. The van der Waals surface area contributed by atoms with Crippen LogP contribution in [0, 0.1) is 17.0 Å². The average Bonchev–Trinajstić information content (AvgIpc) is 3.02. The van der Waals surface area contributed by atoms with Crippen LogP contribution in [0.15, 0.2) is 57.8 Å². The van der Waals surface area contributed by atoms with Crippen molar-refractivity contribution >= 4 is 32.6 Å². The first-order valence-electron chi connectivity index (χ1n) is 8.30. The molecule has 28 heavy (non-hydrogen) atoms. The molecule has 0 fully saturated rings. The van der Waals surface area contributed by atoms with Crippen LogP contribution in [-0.2, 0) is 10.0 Å². The Labute approximate surface area is 160 Å². The van der Waals surface area contributed by atoms with Gasteiger partial charge in [0.1, 0.15) is 5.58 Å². The standard InChI is InChI=1S/C18H17N3O6S/c1-12-15-7-2-3-8-16(15)27-17(12)18(22)19-9-10-20-28(25,26)14-6-4-5-13(11-14)21(23)24/h2-8,11,20H,9-10H2,1H3,(H,19,22). The Morgan fingerprint density at radius 3 is 2.61 bits per heavy atom. The van der Waals surface area contributed by atoms with Crippen molar-refractivity contribution in [1.29, 1.82) is 0 Å². The van der Waals surface area contributed by atoms with E-state index in [0.29, 0.717) is 11.1 Å². The number of aryl methyl sites for hydroxylation is 1. The summed E-state index contributed by atoms with van der Waals surface area (Å²) in [5, 5.41) is 14.2. The summed E-state index contributed by atoms with van der Waals surface area (Å²) in [6.07, 6.45) is 0. The normalized spacial score (nSPS) is 11.5. The Morgan fingerprint density at radius 2 is 1.89 bits per heavy atom. The lowest BCUT2D eigenvalue weighted by Crippen LogP contribution is -2.34. The Bertz CT molecular complexity index is 1150. The highest BCUT2D eigenvalue weighted by Crippen LogP contribution is 2.24. The number of carbonyl (C=O) groups excluding carboxylic acids is 1. The summed E-state index contributed by atoms with van der Waals surface area (Å²) in [5.41, 5.74) is 0.971. The molecule has 0 bridgehead atoms. The van der Waals surface area contributed by atoms with Gasteiger partial charge in [0.2, 0.25) is 10.0 Å². The van der Waals surface area contributed by atoms with Crippen LogP contribution in [0.4, 0.5) is 5.69 Å². The molecule has 3 aromatic rings. The van der Waals surface area contributed by atoms with Gasteiger partial charge in [-0.15, -0.1) is 0 Å². The number of benzene rings is 2. The van der Waals surface area contributed by atoms with E-state index < -0.39 is 20.9 Å². The number of amides is 1. The number of nitro benzene ring substituents is 1. The number of fused-ring (bicyclic) bond motifs is 1. The number of non-ortho nitro benzene ring substituents is 1. The molecule has 0 aliphatic heterocycles. The first-order chi connectivity index (χ1) is 13.3. The number of nitro groups is 1. The van der Waals surface area contributed by atoms with Gasteiger partial charge in [0.05, 0.1) is 9.82 Å². The van der Waals surface area contributed by atoms with Crippen LogP contribution in [0.3, 0.4) is 0 Å². The molecule has 2 N–H and O–H groups in total. The smallest absolute Gasteiger partial charge is 0.287 e. The lowest BCUT2D eigenvalue weighted by Gasteiger charge is -2.07. The summed E-state index contributed by atoms with van der Waals surface area (Å²) in [7, 11) is -3.94. The number of hydrogen-bond acceptors (Lipinski definition) is 6. The van der Waals surface area contributed by atoms with Gasteiger partial charge in [-0.25, -0.2) is 13.1 Å². The predicted octanol–water partition coefficient (Wildman–Crippen LogP) is 2.36. The number of carbonyl (C=O) groups is 1. The van der Waals surface area contributed by atoms with Gasteiger partial charge < -0.3 is 9.73 Å². The number of furan rings is 1. The fourth-order valence-electron chi connectivity index (χ4n) is 2.68. The third kappa shape index (κ3) is 4.02. The van der Waals surface area contributed by atoms with E-state index >= 15 is 0 Å². The molecule has 146 valence electrons. The fraction of sp³-hybridized carbons (Fsp3) is 0.167. The van der Waals surface area contributed by atoms with Crippen molar-refractivity contribution in [1.82, 2.24) is 10.0 Å². The zero-order chi connectivity index (χ0) is 20.3. The Hall–Kier alpha value is -3.24. The zero-order valence-corrected chi connectivity index (χ0v) is 15.7. The van der Waals surface area contributed by atoms with Gasteiger partial charge in [-0.2, -0.15) is 0 Å². The van der Waals surface area contributed by atoms with Crippen molar-refractivity contribution in [2.24, 2.45) is 0 Å². The van der Waals surface area contributed by atoms with Crippen LogP contribution in [0.5, 0.6) is 0 Å². The molecule has 0 unspecified atom stereocenters. The highest BCUT2D eigenvalue weighted by Gasteiger charge is 2.19. The molecule has 1 amide bonds. The molecule has 0 atom stereocenters. The topological polar surface area (TPSA) is 132 Å². The van der Waals surface area contributed by atoms with Gasteiger partial charge in [-0.05, 0) is 19.1 Å². The first-order valence-corrected chi connectivity index (χ1v) is 9.78. The van der Waals surface area contributed by atoms with E-state index in [4.69, 9.17) is 4.42 Å². The van der Waals surface area contributed by atoms with Gasteiger partial charge >= 0.3 is 0 Å². The number of para-hydroxylation sites is 1. The summed E-state index contributed by atoms with van der Waals surface area (Å²) in [4.78, 5) is 22.2. The maximum atomic E-state index is 12.3. The Morgan fingerprint density at radius 1 is 1.14 bits per heavy atom. The maximum Gasteiger partial charge on any atom is 0.287 e. The second-order valence-electron chi connectivity index (χ2n) is 5.96. The summed E-state index contributed by atoms with van der Waals surface area (Å²) in [5.74, 6) is -0.286. The van der Waals surface area contributed by atoms with Crippen molar-refractivity contribution < 1.29 is 22.6 Å². The molecule has 1 aromatic heterocycles. The maximum absolute atomic E-state index is 12.3. The van der Waals surface area contributed by atoms with E-state index in [0.717, 1.165) is 11.5 Å². The number of nitrogens with zero attached hydrogens (tertiary/aromatic N) is 1. The number of hydrogen-bond donors (Lipinski definition) is 2. The van der Waals surface area contributed by atoms with Crippen LogP contribution in [0.2, 0.25) is 0 Å². The van der Waals surface area contributed by atoms with Crippen LogP contribution in [0.1, 0.15) is 16.1 Å². The lowest BCUT2D eigenvalue weighted by molar-refractivity contribution is -0.385. The van der Waals surface area contributed by atoms with Crippen molar-refractivity contribution in [3.63, 3.8) is 0 Å². The quantitative estimate of drug-likeness (QED) is 0.354. The lowest BCUT2D eigenvalue weighted by atomic mass is 10.1. The van der Waals surface area contributed by atoms with Crippen molar-refractivity contribution in [3.05, 3.63) is 70.0 Å². The molecule has 0 aliphatic carbocycles. The van der Waals surface area contributed by atoms with E-state index in [1.807, 2.05) is 12.1 Å². The molecule has 1 heterocycles. The highest BCUT2D eigenvalue weighted by atomic mass is 32.2. The van der Waals surface area contributed by atoms with Crippen molar-refractivity contribution in [3.8, 4) is 0 Å². The molecule has 9 nitrogen and oxygen atoms in total. The minimum absolute atomic E-state index is 0.0173. The van der Waals surface area contributed by atoms with E-state index in [1.165, 1.54) is 18.2 Å². The van der Waals surface area contributed by atoms with Gasteiger partial charge in [-0.3, -0.25) is 14.9 Å². The van der Waals surface area contributed by atoms with Crippen LogP contribution < -0.4 is 10.0 Å². The van der Waals surface area contributed by atoms with E-state index in [2.05, 4.69) is 10.0 Å². The van der Waals surface area contributed by atoms with E-state index in [9.17, 15) is 23.3 Å². The van der Waals surface area contributed by atoms with E-state index in [1.54, 1.807) is 19.1 Å². The van der Waals surface area contributed by atoms with Crippen LogP contribution >= 0.6 is 0 Å². The monoisotopic (exact) mass is 403 g/mol. The summed E-state index contributed by atoms with van der Waals surface area (Å²) >= 11 is 0. The summed E-state index contributed by atoms with van der Waals surface area (Å²) < 4.78 is 32.3. The minimum atomic E-state index is -3.94. The van der Waals surface area contributed by atoms with Crippen molar-refractivity contribution in [2.45, 2.75) is 11.8 Å². The highest BCUT2D eigenvalue weighted by molar-refractivity contribution is 7.89. The van der Waals surface area contributed by atoms with Gasteiger partial charge in [0.15, 0.2) is 5.76 Å². The third-order valence-electron chi connectivity index (χ3n) is 4.09. The molecule has 0 saturated carbocycles. The minimum Gasteiger partial charge on any atom is -0.451 e. The molecule has 0 radical (unpaired) electrons. The SMILES string of the molecule is Cc1c(C(=O)NCCNS(=O)(=O)c2cccc([N+](=O)[O-])c2)oc2ccccc12. The van der Waals surface area contributed by atoms with Crippen LogP contribution in [-0.4, -0.2) is 32.3 Å². The molecule has 0 saturated heterocycles. The second kappa shape index (κ2) is 7.79.